The van der Waals surface area contributed by atoms with Crippen molar-refractivity contribution in [3.05, 3.63) is 94.8 Å². The van der Waals surface area contributed by atoms with Crippen LogP contribution in [-0.4, -0.2) is 28.3 Å². The van der Waals surface area contributed by atoms with Crippen molar-refractivity contribution in [3.8, 4) is 0 Å². The molecule has 1 N–H and O–H groups in total. The molecule has 5 nitrogen and oxygen atoms in total. The number of pyridine rings is 1. The summed E-state index contributed by atoms with van der Waals surface area (Å²) in [5, 5.41) is 11.7. The number of benzene rings is 2. The number of carbonyl (C=O) groups excluding carboxylic acids is 2. The zero-order valence-electron chi connectivity index (χ0n) is 15.6. The Labute approximate surface area is 173 Å². The molecule has 0 saturated heterocycles. The Hall–Kier alpha value is -3.02. The topological polar surface area (TPSA) is 70.5 Å². The minimum atomic E-state index is -1.95. The first-order valence-corrected chi connectivity index (χ1v) is 9.68. The molecule has 1 aliphatic heterocycles. The number of halogens is 1. The van der Waals surface area contributed by atoms with Crippen LogP contribution >= 0.6 is 11.6 Å². The third-order valence-electron chi connectivity index (χ3n) is 5.16. The Morgan fingerprint density at radius 2 is 1.90 bits per heavy atom. The predicted octanol–water partition coefficient (Wildman–Crippen LogP) is 3.78. The summed E-state index contributed by atoms with van der Waals surface area (Å²) in [6.45, 7) is 0.390. The maximum atomic E-state index is 13.2. The molecule has 6 heteroatoms. The normalized spacial score (nSPS) is 18.0. The molecule has 3 aromatic rings. The van der Waals surface area contributed by atoms with E-state index in [1.54, 1.807) is 36.5 Å². The van der Waals surface area contributed by atoms with E-state index in [1.807, 2.05) is 30.3 Å². The van der Waals surface area contributed by atoms with Gasteiger partial charge in [-0.15, -0.1) is 0 Å². The number of ketones is 1. The number of aromatic nitrogens is 1. The fraction of sp³-hybridized carbons (Fsp3) is 0.174. The Bertz CT molecular complexity index is 1060. The largest absolute Gasteiger partial charge is 0.375 e. The molecule has 1 aliphatic rings. The van der Waals surface area contributed by atoms with Gasteiger partial charge in [-0.25, -0.2) is 0 Å². The van der Waals surface area contributed by atoms with Gasteiger partial charge in [-0.1, -0.05) is 41.9 Å². The average Bonchev–Trinajstić information content (AvgIpc) is 2.94. The van der Waals surface area contributed by atoms with Gasteiger partial charge in [0.1, 0.15) is 0 Å². The van der Waals surface area contributed by atoms with Crippen LogP contribution in [0.2, 0.25) is 5.02 Å². The number of amides is 1. The molecule has 29 heavy (non-hydrogen) atoms. The number of rotatable bonds is 6. The van der Waals surface area contributed by atoms with Crippen LogP contribution in [0, 0.1) is 0 Å². The molecule has 0 spiro atoms. The summed E-state index contributed by atoms with van der Waals surface area (Å²) in [5.41, 5.74) is 0.416. The van der Waals surface area contributed by atoms with E-state index in [4.69, 9.17) is 11.6 Å². The number of Topliss-reactive ketones (excluding diaryl/α,β-unsaturated/α-hetero) is 1. The fourth-order valence-corrected chi connectivity index (χ4v) is 3.84. The van der Waals surface area contributed by atoms with Gasteiger partial charge in [0.25, 0.3) is 5.91 Å². The fourth-order valence-electron chi connectivity index (χ4n) is 3.66. The van der Waals surface area contributed by atoms with Gasteiger partial charge in [0.2, 0.25) is 0 Å². The van der Waals surface area contributed by atoms with Gasteiger partial charge in [-0.2, -0.15) is 0 Å². The van der Waals surface area contributed by atoms with Gasteiger partial charge in [-0.3, -0.25) is 14.6 Å². The van der Waals surface area contributed by atoms with E-state index in [1.165, 1.54) is 11.1 Å². The lowest BCUT2D eigenvalue weighted by molar-refractivity contribution is -0.135. The highest BCUT2D eigenvalue weighted by molar-refractivity contribution is 6.31. The first-order chi connectivity index (χ1) is 14.0. The number of hydrogen-bond donors (Lipinski definition) is 1. The van der Waals surface area contributed by atoms with Gasteiger partial charge in [0.15, 0.2) is 11.4 Å². The Balaban J connectivity index is 1.65. The lowest BCUT2D eigenvalue weighted by Crippen LogP contribution is -2.42. The molecule has 2 heterocycles. The number of aliphatic hydroxyl groups is 1. The number of hydrogen-bond acceptors (Lipinski definition) is 4. The zero-order chi connectivity index (χ0) is 20.4. The summed E-state index contributed by atoms with van der Waals surface area (Å²) in [7, 11) is 0. The smallest absolute Gasteiger partial charge is 0.264 e. The van der Waals surface area contributed by atoms with E-state index >= 15 is 0 Å². The third kappa shape index (κ3) is 3.67. The van der Waals surface area contributed by atoms with Crippen LogP contribution in [0.25, 0.3) is 0 Å². The van der Waals surface area contributed by atoms with Crippen molar-refractivity contribution in [2.75, 3.05) is 11.4 Å². The monoisotopic (exact) mass is 406 g/mol. The summed E-state index contributed by atoms with van der Waals surface area (Å²) >= 11 is 6.14. The second kappa shape index (κ2) is 7.78. The summed E-state index contributed by atoms with van der Waals surface area (Å²) < 4.78 is 0. The van der Waals surface area contributed by atoms with Crippen molar-refractivity contribution < 1.29 is 14.7 Å². The second-order valence-electron chi connectivity index (χ2n) is 7.06. The number of nitrogens with zero attached hydrogens (tertiary/aromatic N) is 2. The molecule has 0 fully saturated rings. The van der Waals surface area contributed by atoms with E-state index in [-0.39, 0.29) is 12.2 Å². The third-order valence-corrected chi connectivity index (χ3v) is 5.40. The lowest BCUT2D eigenvalue weighted by atomic mass is 9.88. The predicted molar refractivity (Wildman–Crippen MR) is 111 cm³/mol. The molecule has 0 aliphatic carbocycles. The molecule has 1 amide bonds. The summed E-state index contributed by atoms with van der Waals surface area (Å²) in [5.74, 6) is -0.868. The first-order valence-electron chi connectivity index (χ1n) is 9.30. The van der Waals surface area contributed by atoms with Gasteiger partial charge in [0.05, 0.1) is 12.1 Å². The van der Waals surface area contributed by atoms with Crippen molar-refractivity contribution in [1.82, 2.24) is 4.98 Å². The van der Waals surface area contributed by atoms with Gasteiger partial charge >= 0.3 is 0 Å². The lowest BCUT2D eigenvalue weighted by Gasteiger charge is -2.23. The van der Waals surface area contributed by atoms with Crippen molar-refractivity contribution in [3.63, 3.8) is 0 Å². The number of carbonyl (C=O) groups is 2. The van der Waals surface area contributed by atoms with E-state index in [0.717, 1.165) is 5.56 Å². The minimum Gasteiger partial charge on any atom is -0.375 e. The van der Waals surface area contributed by atoms with E-state index in [2.05, 4.69) is 4.98 Å². The maximum Gasteiger partial charge on any atom is 0.264 e. The molecule has 1 aromatic heterocycles. The first kappa shape index (κ1) is 19.3. The van der Waals surface area contributed by atoms with Crippen molar-refractivity contribution in [2.24, 2.45) is 0 Å². The van der Waals surface area contributed by atoms with Gasteiger partial charge in [-0.05, 0) is 42.3 Å². The van der Waals surface area contributed by atoms with Crippen LogP contribution in [0.4, 0.5) is 5.69 Å². The molecule has 0 bridgehead atoms. The van der Waals surface area contributed by atoms with Crippen molar-refractivity contribution >= 4 is 29.0 Å². The molecule has 1 atom stereocenters. The Morgan fingerprint density at radius 3 is 2.62 bits per heavy atom. The molecule has 4 rings (SSSR count). The van der Waals surface area contributed by atoms with Crippen LogP contribution in [0.1, 0.15) is 27.9 Å². The molecule has 146 valence electrons. The SMILES string of the molecule is O=C(C[C@@]1(O)C(=O)N(CCc2ccccc2)c2ccc(Cl)cc21)c1cccnc1. The molecule has 0 radical (unpaired) electrons. The Morgan fingerprint density at radius 1 is 1.10 bits per heavy atom. The zero-order valence-corrected chi connectivity index (χ0v) is 16.3. The second-order valence-corrected chi connectivity index (χ2v) is 7.49. The Kier molecular flexibility index (Phi) is 5.18. The summed E-state index contributed by atoms with van der Waals surface area (Å²) in [6, 6.07) is 18.0. The summed E-state index contributed by atoms with van der Waals surface area (Å²) in [4.78, 5) is 31.5. The van der Waals surface area contributed by atoms with E-state index in [0.29, 0.717) is 34.8 Å². The molecule has 0 unspecified atom stereocenters. The highest BCUT2D eigenvalue weighted by atomic mass is 35.5. The summed E-state index contributed by atoms with van der Waals surface area (Å²) in [6.07, 6.45) is 3.25. The standard InChI is InChI=1S/C23H19ClN2O3/c24-18-8-9-20-19(13-18)23(29,14-21(27)17-7-4-11-25-15-17)22(28)26(20)12-10-16-5-2-1-3-6-16/h1-9,11,13,15,29H,10,12,14H2/t23-/m0/s1. The number of fused-ring (bicyclic) bond motifs is 1. The van der Waals surface area contributed by atoms with Crippen molar-refractivity contribution in [2.45, 2.75) is 18.4 Å². The molecule has 0 saturated carbocycles. The highest BCUT2D eigenvalue weighted by Gasteiger charge is 2.50. The van der Waals surface area contributed by atoms with E-state index in [9.17, 15) is 14.7 Å². The maximum absolute atomic E-state index is 13.2. The van der Waals surface area contributed by atoms with Crippen LogP contribution in [0.15, 0.2) is 73.1 Å². The quantitative estimate of drug-likeness (QED) is 0.632. The van der Waals surface area contributed by atoms with E-state index < -0.39 is 11.5 Å². The van der Waals surface area contributed by atoms with Gasteiger partial charge < -0.3 is 10.0 Å². The molecule has 2 aromatic carbocycles. The van der Waals surface area contributed by atoms with Crippen LogP contribution in [0.5, 0.6) is 0 Å². The van der Waals surface area contributed by atoms with Crippen LogP contribution in [-0.2, 0) is 16.8 Å². The minimum absolute atomic E-state index is 0.347. The molecular formula is C23H19ClN2O3. The molecular weight excluding hydrogens is 388 g/mol. The van der Waals surface area contributed by atoms with Crippen molar-refractivity contribution in [1.29, 1.82) is 0 Å². The highest BCUT2D eigenvalue weighted by Crippen LogP contribution is 2.44. The number of anilines is 1. The van der Waals surface area contributed by atoms with Crippen LogP contribution in [0.3, 0.4) is 0 Å². The van der Waals surface area contributed by atoms with Crippen LogP contribution < -0.4 is 4.90 Å². The van der Waals surface area contributed by atoms with Gasteiger partial charge in [0, 0.05) is 35.1 Å². The average molecular weight is 407 g/mol.